The molecular formula is C8H10N2O3S2. The van der Waals surface area contributed by atoms with Crippen molar-refractivity contribution in [1.29, 1.82) is 0 Å². The van der Waals surface area contributed by atoms with E-state index in [0.29, 0.717) is 4.88 Å². The molecule has 0 aliphatic carbocycles. The summed E-state index contributed by atoms with van der Waals surface area (Å²) in [5, 5.41) is 4.93. The summed E-state index contributed by atoms with van der Waals surface area (Å²) in [5.74, 6) is -0.436. The van der Waals surface area contributed by atoms with E-state index in [1.54, 1.807) is 18.2 Å². The third-order valence-corrected chi connectivity index (χ3v) is 3.97. The molecule has 82 valence electrons. The zero-order valence-electron chi connectivity index (χ0n) is 7.71. The predicted molar refractivity (Wildman–Crippen MR) is 58.5 cm³/mol. The first-order valence-electron chi connectivity index (χ1n) is 3.97. The lowest BCUT2D eigenvalue weighted by atomic mass is 10.3. The first-order chi connectivity index (χ1) is 6.89. The molecule has 0 fully saturated rings. The van der Waals surface area contributed by atoms with Crippen LogP contribution in [0.3, 0.4) is 0 Å². The number of nitrogens with two attached hydrogens (primary N) is 2. The van der Waals surface area contributed by atoms with Crippen LogP contribution in [-0.4, -0.2) is 14.3 Å². The van der Waals surface area contributed by atoms with E-state index >= 15 is 0 Å². The Morgan fingerprint density at radius 1 is 1.47 bits per heavy atom. The molecule has 7 heteroatoms. The van der Waals surface area contributed by atoms with Gasteiger partial charge in [0.2, 0.25) is 15.9 Å². The first-order valence-corrected chi connectivity index (χ1v) is 6.33. The Morgan fingerprint density at radius 2 is 2.13 bits per heavy atom. The summed E-state index contributed by atoms with van der Waals surface area (Å²) in [4.78, 5) is 11.1. The van der Waals surface area contributed by atoms with Gasteiger partial charge in [0.05, 0.1) is 0 Å². The quantitative estimate of drug-likeness (QED) is 0.797. The van der Waals surface area contributed by atoms with Crippen molar-refractivity contribution in [2.75, 3.05) is 0 Å². The second-order valence-electron chi connectivity index (χ2n) is 2.77. The molecule has 1 heterocycles. The molecular weight excluding hydrogens is 236 g/mol. The minimum Gasteiger partial charge on any atom is -0.369 e. The van der Waals surface area contributed by atoms with E-state index in [-0.39, 0.29) is 10.6 Å². The molecule has 0 aliphatic rings. The summed E-state index contributed by atoms with van der Waals surface area (Å²) in [5.41, 5.74) is 4.93. The lowest BCUT2D eigenvalue weighted by Crippen LogP contribution is -2.09. The van der Waals surface area contributed by atoms with Crippen molar-refractivity contribution in [3.8, 4) is 0 Å². The Bertz CT molecular complexity index is 488. The Morgan fingerprint density at radius 3 is 2.60 bits per heavy atom. The molecule has 0 radical (unpaired) electrons. The largest absolute Gasteiger partial charge is 0.369 e. The molecule has 0 aromatic carbocycles. The fourth-order valence-corrected chi connectivity index (χ4v) is 2.55. The molecule has 0 unspecified atom stereocenters. The summed E-state index contributed by atoms with van der Waals surface area (Å²) in [6, 6.07) is 3.03. The minimum atomic E-state index is -3.63. The highest BCUT2D eigenvalue weighted by molar-refractivity contribution is 7.91. The van der Waals surface area contributed by atoms with E-state index in [1.165, 1.54) is 6.07 Å². The molecule has 5 nitrogen and oxygen atoms in total. The molecule has 1 aromatic rings. The fourth-order valence-electron chi connectivity index (χ4n) is 0.868. The highest BCUT2D eigenvalue weighted by Crippen LogP contribution is 2.21. The lowest BCUT2D eigenvalue weighted by Gasteiger charge is -1.88. The topological polar surface area (TPSA) is 103 Å². The van der Waals surface area contributed by atoms with Gasteiger partial charge in [0, 0.05) is 11.3 Å². The Labute approximate surface area is 91.4 Å². The van der Waals surface area contributed by atoms with Crippen molar-refractivity contribution < 1.29 is 13.2 Å². The van der Waals surface area contributed by atoms with Crippen molar-refractivity contribution >= 4 is 33.3 Å². The summed E-state index contributed by atoms with van der Waals surface area (Å²) >= 11 is 1.04. The molecule has 0 aliphatic heterocycles. The van der Waals surface area contributed by atoms with Gasteiger partial charge in [-0.2, -0.15) is 0 Å². The van der Waals surface area contributed by atoms with E-state index < -0.39 is 15.9 Å². The van der Waals surface area contributed by atoms with Gasteiger partial charge in [0.15, 0.2) is 0 Å². The fraction of sp³-hybridized carbons (Fsp3) is 0.125. The van der Waals surface area contributed by atoms with Crippen LogP contribution in [0.1, 0.15) is 11.3 Å². The smallest absolute Gasteiger partial charge is 0.247 e. The van der Waals surface area contributed by atoms with Crippen LogP contribution in [0.4, 0.5) is 0 Å². The monoisotopic (exact) mass is 246 g/mol. The molecule has 0 spiro atoms. The average molecular weight is 246 g/mol. The highest BCUT2D eigenvalue weighted by atomic mass is 32.2. The van der Waals surface area contributed by atoms with Gasteiger partial charge in [0.25, 0.3) is 0 Å². The second kappa shape index (κ2) is 4.56. The van der Waals surface area contributed by atoms with Gasteiger partial charge < -0.3 is 5.73 Å². The minimum absolute atomic E-state index is 0.0984. The van der Waals surface area contributed by atoms with Crippen molar-refractivity contribution in [3.63, 3.8) is 0 Å². The van der Waals surface area contributed by atoms with Crippen LogP contribution in [0.25, 0.3) is 6.08 Å². The van der Waals surface area contributed by atoms with Crippen molar-refractivity contribution in [2.24, 2.45) is 10.9 Å². The number of hydrogen-bond donors (Lipinski definition) is 2. The van der Waals surface area contributed by atoms with Crippen LogP contribution in [0.5, 0.6) is 0 Å². The van der Waals surface area contributed by atoms with Crippen LogP contribution in [-0.2, 0) is 14.8 Å². The lowest BCUT2D eigenvalue weighted by molar-refractivity contribution is -0.117. The molecule has 0 bridgehead atoms. The van der Waals surface area contributed by atoms with Gasteiger partial charge in [0.1, 0.15) is 4.21 Å². The summed E-state index contributed by atoms with van der Waals surface area (Å²) in [6.45, 7) is 0. The third-order valence-electron chi connectivity index (χ3n) is 1.48. The molecule has 1 amide bonds. The average Bonchev–Trinajstić information content (AvgIpc) is 2.51. The zero-order valence-corrected chi connectivity index (χ0v) is 9.35. The SMILES string of the molecule is NC(=O)CC=Cc1ccc(S(N)(=O)=O)s1. The number of sulfonamides is 1. The number of carbonyl (C=O) groups excluding carboxylic acids is 1. The maximum absolute atomic E-state index is 10.9. The number of primary amides is 1. The molecule has 4 N–H and O–H groups in total. The van der Waals surface area contributed by atoms with Crippen LogP contribution in [0.15, 0.2) is 22.4 Å². The standard InChI is InChI=1S/C8H10N2O3S2/c9-7(11)3-1-2-6-4-5-8(14-6)15(10,12)13/h1-2,4-5H,3H2,(H2,9,11)(H2,10,12,13). The number of thiophene rings is 1. The maximum Gasteiger partial charge on any atom is 0.247 e. The van der Waals surface area contributed by atoms with Gasteiger partial charge in [-0.15, -0.1) is 11.3 Å². The normalized spacial score (nSPS) is 12.1. The van der Waals surface area contributed by atoms with E-state index in [9.17, 15) is 13.2 Å². The predicted octanol–water partition coefficient (Wildman–Crippen LogP) is 0.284. The molecule has 0 atom stereocenters. The molecule has 0 saturated heterocycles. The third kappa shape index (κ3) is 3.82. The summed E-state index contributed by atoms with van der Waals surface area (Å²) < 4.78 is 21.9. The van der Waals surface area contributed by atoms with Gasteiger partial charge in [-0.1, -0.05) is 6.08 Å². The van der Waals surface area contributed by atoms with Gasteiger partial charge in [-0.3, -0.25) is 4.79 Å². The number of rotatable bonds is 4. The second-order valence-corrected chi connectivity index (χ2v) is 5.68. The molecule has 1 rings (SSSR count). The zero-order chi connectivity index (χ0) is 11.5. The van der Waals surface area contributed by atoms with Crippen LogP contribution in [0.2, 0.25) is 0 Å². The van der Waals surface area contributed by atoms with Crippen LogP contribution < -0.4 is 10.9 Å². The van der Waals surface area contributed by atoms with Crippen LogP contribution in [0, 0.1) is 0 Å². The molecule has 0 saturated carbocycles. The van der Waals surface area contributed by atoms with Crippen molar-refractivity contribution in [3.05, 3.63) is 23.1 Å². The molecule has 1 aromatic heterocycles. The Kier molecular flexibility index (Phi) is 3.61. The molecule has 15 heavy (non-hydrogen) atoms. The highest BCUT2D eigenvalue weighted by Gasteiger charge is 2.09. The number of carbonyl (C=O) groups is 1. The van der Waals surface area contributed by atoms with Gasteiger partial charge >= 0.3 is 0 Å². The number of primary sulfonamides is 1. The van der Waals surface area contributed by atoms with E-state index in [2.05, 4.69) is 0 Å². The number of amides is 1. The summed E-state index contributed by atoms with van der Waals surface area (Å²) in [6.07, 6.45) is 3.33. The first kappa shape index (κ1) is 11.9. The van der Waals surface area contributed by atoms with Gasteiger partial charge in [-0.25, -0.2) is 13.6 Å². The van der Waals surface area contributed by atoms with Crippen molar-refractivity contribution in [1.82, 2.24) is 0 Å². The van der Waals surface area contributed by atoms with E-state index in [0.717, 1.165) is 11.3 Å². The maximum atomic E-state index is 10.9. The summed E-state index contributed by atoms with van der Waals surface area (Å²) in [7, 11) is -3.63. The van der Waals surface area contributed by atoms with Crippen LogP contribution >= 0.6 is 11.3 Å². The Hall–Kier alpha value is -1.18. The van der Waals surface area contributed by atoms with E-state index in [4.69, 9.17) is 10.9 Å². The van der Waals surface area contributed by atoms with E-state index in [1.807, 2.05) is 0 Å². The number of hydrogen-bond acceptors (Lipinski definition) is 4. The Balaban J connectivity index is 2.78. The van der Waals surface area contributed by atoms with Gasteiger partial charge in [-0.05, 0) is 18.2 Å². The van der Waals surface area contributed by atoms with Crippen molar-refractivity contribution in [2.45, 2.75) is 10.6 Å².